The molecule has 0 spiro atoms. The predicted molar refractivity (Wildman–Crippen MR) is 124 cm³/mol. The van der Waals surface area contributed by atoms with E-state index in [0.29, 0.717) is 23.4 Å². The Bertz CT molecular complexity index is 1340. The molecule has 1 aliphatic heterocycles. The monoisotopic (exact) mass is 462 g/mol. The fourth-order valence-corrected chi connectivity index (χ4v) is 5.33. The quantitative estimate of drug-likeness (QED) is 0.445. The van der Waals surface area contributed by atoms with Crippen molar-refractivity contribution in [2.75, 3.05) is 18.6 Å². The summed E-state index contributed by atoms with van der Waals surface area (Å²) in [5.74, 6) is 0.0184. The lowest BCUT2D eigenvalue weighted by Gasteiger charge is -2.09. The Morgan fingerprint density at radius 2 is 1.94 bits per heavy atom. The summed E-state index contributed by atoms with van der Waals surface area (Å²) in [4.78, 5) is 12.7. The molecule has 3 aromatic rings. The molecule has 4 rings (SSSR count). The fraction of sp³-hybridized carbons (Fsp3) is 0.208. The summed E-state index contributed by atoms with van der Waals surface area (Å²) in [6.45, 7) is 0. The maximum absolute atomic E-state index is 12.7. The van der Waals surface area contributed by atoms with E-state index in [-0.39, 0.29) is 17.1 Å². The maximum Gasteiger partial charge on any atom is 0.262 e. The minimum absolute atomic E-state index is 0.0367. The number of nitrogens with zero attached hydrogens (tertiary/aromatic N) is 3. The third kappa shape index (κ3) is 5.13. The van der Waals surface area contributed by atoms with Crippen molar-refractivity contribution in [1.29, 1.82) is 5.26 Å². The number of methoxy groups -OCH3 is 1. The van der Waals surface area contributed by atoms with Crippen molar-refractivity contribution in [2.45, 2.75) is 12.5 Å². The number of amides is 1. The van der Waals surface area contributed by atoms with E-state index < -0.39 is 21.8 Å². The van der Waals surface area contributed by atoms with Crippen LogP contribution in [0.2, 0.25) is 0 Å². The zero-order valence-corrected chi connectivity index (χ0v) is 18.7. The number of para-hydroxylation sites is 1. The largest absolute Gasteiger partial charge is 0.497 e. The van der Waals surface area contributed by atoms with E-state index in [1.807, 2.05) is 60.7 Å². The van der Waals surface area contributed by atoms with Crippen LogP contribution < -0.4 is 10.1 Å². The standard InChI is InChI=1S/C24H22N4O4S/c1-32-22-9-7-17(8-10-22)23-19(15-28(27-23)21-5-3-2-4-6-21)13-18(14-25)24(29)26-20-11-12-33(30,31)16-20/h2-10,13,15,20H,11-12,16H2,1H3,(H,26,29)/b18-13+/t20-/m1/s1. The van der Waals surface area contributed by atoms with Crippen molar-refractivity contribution in [3.8, 4) is 28.8 Å². The van der Waals surface area contributed by atoms with Gasteiger partial charge in [-0.05, 0) is 48.9 Å². The summed E-state index contributed by atoms with van der Waals surface area (Å²) in [5, 5.41) is 17.0. The number of nitrogens with one attached hydrogen (secondary N) is 1. The Morgan fingerprint density at radius 1 is 1.21 bits per heavy atom. The van der Waals surface area contributed by atoms with Gasteiger partial charge in [-0.1, -0.05) is 18.2 Å². The Morgan fingerprint density at radius 3 is 2.55 bits per heavy atom. The Hall–Kier alpha value is -3.90. The lowest BCUT2D eigenvalue weighted by Crippen LogP contribution is -2.36. The molecule has 1 saturated heterocycles. The molecule has 1 N–H and O–H groups in total. The van der Waals surface area contributed by atoms with Crippen molar-refractivity contribution in [3.63, 3.8) is 0 Å². The number of carbonyl (C=O) groups excluding carboxylic acids is 1. The van der Waals surface area contributed by atoms with E-state index in [1.165, 1.54) is 6.08 Å². The second kappa shape index (κ2) is 9.30. The van der Waals surface area contributed by atoms with Gasteiger partial charge in [-0.25, -0.2) is 13.1 Å². The van der Waals surface area contributed by atoms with Crippen molar-refractivity contribution in [1.82, 2.24) is 15.1 Å². The highest BCUT2D eigenvalue weighted by atomic mass is 32.2. The van der Waals surface area contributed by atoms with Crippen LogP contribution in [-0.2, 0) is 14.6 Å². The molecule has 1 aromatic heterocycles. The lowest BCUT2D eigenvalue weighted by atomic mass is 10.1. The van der Waals surface area contributed by atoms with E-state index >= 15 is 0 Å². The number of aromatic nitrogens is 2. The number of rotatable bonds is 6. The summed E-state index contributed by atoms with van der Waals surface area (Å²) in [6, 6.07) is 18.2. The molecule has 9 heteroatoms. The number of nitriles is 1. The molecule has 168 valence electrons. The second-order valence-electron chi connectivity index (χ2n) is 7.68. The van der Waals surface area contributed by atoms with Gasteiger partial charge in [-0.15, -0.1) is 0 Å². The summed E-state index contributed by atoms with van der Waals surface area (Å²) < 4.78 is 30.3. The minimum Gasteiger partial charge on any atom is -0.497 e. The number of carbonyl (C=O) groups is 1. The first-order valence-electron chi connectivity index (χ1n) is 10.3. The zero-order valence-electron chi connectivity index (χ0n) is 17.9. The van der Waals surface area contributed by atoms with Crippen LogP contribution in [-0.4, -0.2) is 48.8 Å². The summed E-state index contributed by atoms with van der Waals surface area (Å²) in [6.07, 6.45) is 3.57. The molecule has 2 heterocycles. The first kappa shape index (κ1) is 22.3. The average Bonchev–Trinajstić information content (AvgIpc) is 3.40. The van der Waals surface area contributed by atoms with Crippen LogP contribution in [0.25, 0.3) is 23.0 Å². The number of sulfone groups is 1. The van der Waals surface area contributed by atoms with Crippen molar-refractivity contribution < 1.29 is 17.9 Å². The van der Waals surface area contributed by atoms with Gasteiger partial charge < -0.3 is 10.1 Å². The molecule has 1 amide bonds. The van der Waals surface area contributed by atoms with Crippen LogP contribution in [0.4, 0.5) is 0 Å². The number of hydrogen-bond acceptors (Lipinski definition) is 6. The number of benzene rings is 2. The molecule has 33 heavy (non-hydrogen) atoms. The second-order valence-corrected chi connectivity index (χ2v) is 9.91. The molecule has 0 unspecified atom stereocenters. The summed E-state index contributed by atoms with van der Waals surface area (Å²) >= 11 is 0. The highest BCUT2D eigenvalue weighted by Gasteiger charge is 2.29. The fourth-order valence-electron chi connectivity index (χ4n) is 3.66. The first-order chi connectivity index (χ1) is 15.9. The molecule has 0 saturated carbocycles. The van der Waals surface area contributed by atoms with E-state index in [1.54, 1.807) is 18.0 Å². The molecular weight excluding hydrogens is 440 g/mol. The highest BCUT2D eigenvalue weighted by Crippen LogP contribution is 2.27. The van der Waals surface area contributed by atoms with Crippen LogP contribution in [0.1, 0.15) is 12.0 Å². The smallest absolute Gasteiger partial charge is 0.262 e. The summed E-state index contributed by atoms with van der Waals surface area (Å²) in [5.41, 5.74) is 2.66. The van der Waals surface area contributed by atoms with Crippen LogP contribution >= 0.6 is 0 Å². The predicted octanol–water partition coefficient (Wildman–Crippen LogP) is 2.76. The molecule has 1 aliphatic rings. The summed E-state index contributed by atoms with van der Waals surface area (Å²) in [7, 11) is -1.56. The third-order valence-corrected chi connectivity index (χ3v) is 7.13. The van der Waals surface area contributed by atoms with Gasteiger partial charge in [0.15, 0.2) is 9.84 Å². The lowest BCUT2D eigenvalue weighted by molar-refractivity contribution is -0.117. The number of hydrogen-bond donors (Lipinski definition) is 1. The molecule has 0 bridgehead atoms. The van der Waals surface area contributed by atoms with Gasteiger partial charge in [0, 0.05) is 23.4 Å². The molecule has 2 aromatic carbocycles. The topological polar surface area (TPSA) is 114 Å². The molecule has 8 nitrogen and oxygen atoms in total. The van der Waals surface area contributed by atoms with E-state index in [9.17, 15) is 18.5 Å². The van der Waals surface area contributed by atoms with Gasteiger partial charge in [0.25, 0.3) is 5.91 Å². The van der Waals surface area contributed by atoms with Gasteiger partial charge in [-0.2, -0.15) is 10.4 Å². The first-order valence-corrected chi connectivity index (χ1v) is 12.1. The molecule has 1 atom stereocenters. The van der Waals surface area contributed by atoms with Gasteiger partial charge in [0.1, 0.15) is 17.4 Å². The maximum atomic E-state index is 12.7. The van der Waals surface area contributed by atoms with Gasteiger partial charge in [0.05, 0.1) is 30.0 Å². The zero-order chi connectivity index (χ0) is 23.4. The van der Waals surface area contributed by atoms with E-state index in [0.717, 1.165) is 11.3 Å². The van der Waals surface area contributed by atoms with Crippen molar-refractivity contribution in [3.05, 3.63) is 71.9 Å². The van der Waals surface area contributed by atoms with Gasteiger partial charge >= 0.3 is 0 Å². The molecule has 0 radical (unpaired) electrons. The third-order valence-electron chi connectivity index (χ3n) is 5.36. The van der Waals surface area contributed by atoms with Gasteiger partial charge in [0.2, 0.25) is 0 Å². The SMILES string of the molecule is COc1ccc(-c2nn(-c3ccccc3)cc2/C=C(\C#N)C(=O)N[C@@H]2CCS(=O)(=O)C2)cc1. The van der Waals surface area contributed by atoms with Crippen LogP contribution in [0.5, 0.6) is 5.75 Å². The average molecular weight is 463 g/mol. The van der Waals surface area contributed by atoms with E-state index in [2.05, 4.69) is 10.4 Å². The van der Waals surface area contributed by atoms with E-state index in [4.69, 9.17) is 4.74 Å². The molecule has 1 fully saturated rings. The van der Waals surface area contributed by atoms with Crippen molar-refractivity contribution in [2.24, 2.45) is 0 Å². The normalized spacial score (nSPS) is 17.3. The Kier molecular flexibility index (Phi) is 6.29. The van der Waals surface area contributed by atoms with Gasteiger partial charge in [-0.3, -0.25) is 4.79 Å². The van der Waals surface area contributed by atoms with Crippen LogP contribution in [0.15, 0.2) is 66.4 Å². The molecular formula is C24H22N4O4S. The van der Waals surface area contributed by atoms with Crippen LogP contribution in [0, 0.1) is 11.3 Å². The Labute approximate surface area is 192 Å². The van der Waals surface area contributed by atoms with Crippen molar-refractivity contribution >= 4 is 21.8 Å². The number of ether oxygens (including phenoxy) is 1. The highest BCUT2D eigenvalue weighted by molar-refractivity contribution is 7.91. The Balaban J connectivity index is 1.70. The van der Waals surface area contributed by atoms with Crippen LogP contribution in [0.3, 0.4) is 0 Å². The molecule has 0 aliphatic carbocycles. The minimum atomic E-state index is -3.15.